The van der Waals surface area contributed by atoms with Crippen molar-refractivity contribution in [2.24, 2.45) is 0 Å². The number of rotatable bonds is 5. The van der Waals surface area contributed by atoms with Gasteiger partial charge in [-0.25, -0.2) is 4.98 Å². The van der Waals surface area contributed by atoms with Gasteiger partial charge in [-0.15, -0.1) is 0 Å². The van der Waals surface area contributed by atoms with Crippen LogP contribution in [0.15, 0.2) is 24.4 Å². The molecule has 1 unspecified atom stereocenters. The highest BCUT2D eigenvalue weighted by Crippen LogP contribution is 2.16. The number of nitrogens with zero attached hydrogens (tertiary/aromatic N) is 4. The average Bonchev–Trinajstić information content (AvgIpc) is 2.50. The third-order valence-electron chi connectivity index (χ3n) is 4.03. The fourth-order valence-electron chi connectivity index (χ4n) is 2.75. The summed E-state index contributed by atoms with van der Waals surface area (Å²) in [7, 11) is 2.15. The first-order chi connectivity index (χ1) is 10.1. The molecule has 1 atom stereocenters. The first-order valence-electron chi connectivity index (χ1n) is 7.75. The van der Waals surface area contributed by atoms with Crippen molar-refractivity contribution in [3.8, 4) is 0 Å². The first-order valence-corrected chi connectivity index (χ1v) is 7.75. The molecule has 1 fully saturated rings. The molecule has 0 aliphatic carbocycles. The molecule has 0 saturated carbocycles. The zero-order valence-corrected chi connectivity index (χ0v) is 13.3. The maximum Gasteiger partial charge on any atom is 0.228 e. The molecule has 1 aromatic rings. The smallest absolute Gasteiger partial charge is 0.228 e. The van der Waals surface area contributed by atoms with Crippen molar-refractivity contribution in [1.82, 2.24) is 14.8 Å². The van der Waals surface area contributed by atoms with Crippen molar-refractivity contribution in [3.05, 3.63) is 24.4 Å². The summed E-state index contributed by atoms with van der Waals surface area (Å²) >= 11 is 0. The highest BCUT2D eigenvalue weighted by molar-refractivity contribution is 5.92. The minimum absolute atomic E-state index is 0.135. The van der Waals surface area contributed by atoms with Gasteiger partial charge in [0.1, 0.15) is 5.82 Å². The Bertz CT molecular complexity index is 443. The van der Waals surface area contributed by atoms with E-state index in [4.69, 9.17) is 0 Å². The molecule has 5 nitrogen and oxygen atoms in total. The number of aromatic nitrogens is 1. The van der Waals surface area contributed by atoms with E-state index in [9.17, 15) is 4.79 Å². The summed E-state index contributed by atoms with van der Waals surface area (Å²) in [6.45, 7) is 9.24. The molecule has 1 amide bonds. The molecule has 1 aromatic heterocycles. The van der Waals surface area contributed by atoms with Crippen LogP contribution in [0.3, 0.4) is 0 Å². The zero-order valence-electron chi connectivity index (χ0n) is 13.3. The van der Waals surface area contributed by atoms with Crippen LogP contribution in [0.4, 0.5) is 5.82 Å². The van der Waals surface area contributed by atoms with Crippen LogP contribution in [0, 0.1) is 0 Å². The van der Waals surface area contributed by atoms with Crippen molar-refractivity contribution < 1.29 is 4.79 Å². The van der Waals surface area contributed by atoms with E-state index in [0.29, 0.717) is 6.42 Å². The normalized spacial score (nSPS) is 18.4. The highest BCUT2D eigenvalue weighted by Gasteiger charge is 2.24. The Morgan fingerprint density at radius 3 is 2.62 bits per heavy atom. The molecule has 5 heteroatoms. The van der Waals surface area contributed by atoms with Crippen LogP contribution in [0.5, 0.6) is 0 Å². The lowest BCUT2D eigenvalue weighted by Gasteiger charge is -2.37. The van der Waals surface area contributed by atoms with Crippen LogP contribution in [-0.4, -0.2) is 66.5 Å². The minimum atomic E-state index is 0.135. The average molecular weight is 290 g/mol. The van der Waals surface area contributed by atoms with Gasteiger partial charge in [0.05, 0.1) is 0 Å². The molecule has 0 aromatic carbocycles. The molecule has 1 aliphatic heterocycles. The number of likely N-dealkylation sites (N-methyl/N-ethyl adjacent to an activating group) is 1. The predicted molar refractivity (Wildman–Crippen MR) is 85.4 cm³/mol. The first kappa shape index (κ1) is 15.9. The SMILES string of the molecule is CCC(=O)N(c1ccccn1)C(C)CN1CCN(C)CC1. The van der Waals surface area contributed by atoms with E-state index in [-0.39, 0.29) is 11.9 Å². The molecule has 1 aliphatic rings. The summed E-state index contributed by atoms with van der Waals surface area (Å²) in [5.41, 5.74) is 0. The molecule has 2 heterocycles. The summed E-state index contributed by atoms with van der Waals surface area (Å²) in [6, 6.07) is 5.86. The lowest BCUT2D eigenvalue weighted by molar-refractivity contribution is -0.118. The van der Waals surface area contributed by atoms with E-state index in [2.05, 4.69) is 28.8 Å². The molecule has 1 saturated heterocycles. The third-order valence-corrected chi connectivity index (χ3v) is 4.03. The number of amides is 1. The van der Waals surface area contributed by atoms with Gasteiger partial charge in [0.15, 0.2) is 0 Å². The van der Waals surface area contributed by atoms with Crippen LogP contribution >= 0.6 is 0 Å². The monoisotopic (exact) mass is 290 g/mol. The molecular formula is C16H26N4O. The van der Waals surface area contributed by atoms with Gasteiger partial charge in [-0.05, 0) is 26.1 Å². The van der Waals surface area contributed by atoms with Crippen LogP contribution in [0.1, 0.15) is 20.3 Å². The largest absolute Gasteiger partial charge is 0.304 e. The van der Waals surface area contributed by atoms with Gasteiger partial charge < -0.3 is 4.90 Å². The van der Waals surface area contributed by atoms with Crippen molar-refractivity contribution in [2.45, 2.75) is 26.3 Å². The second-order valence-corrected chi connectivity index (χ2v) is 5.76. The second-order valence-electron chi connectivity index (χ2n) is 5.76. The number of carbonyl (C=O) groups excluding carboxylic acids is 1. The molecule has 2 rings (SSSR count). The second kappa shape index (κ2) is 7.52. The van der Waals surface area contributed by atoms with Gasteiger partial charge in [-0.2, -0.15) is 0 Å². The number of anilines is 1. The predicted octanol–water partition coefficient (Wildman–Crippen LogP) is 1.46. The molecule has 0 bridgehead atoms. The van der Waals surface area contributed by atoms with Gasteiger partial charge in [0, 0.05) is 51.4 Å². The van der Waals surface area contributed by atoms with Gasteiger partial charge in [0.2, 0.25) is 5.91 Å². The Morgan fingerprint density at radius 1 is 1.33 bits per heavy atom. The topological polar surface area (TPSA) is 39.7 Å². The Balaban J connectivity index is 2.04. The highest BCUT2D eigenvalue weighted by atomic mass is 16.2. The summed E-state index contributed by atoms with van der Waals surface area (Å²) in [5, 5.41) is 0. The summed E-state index contributed by atoms with van der Waals surface area (Å²) in [6.07, 6.45) is 2.25. The quantitative estimate of drug-likeness (QED) is 0.823. The molecule has 0 spiro atoms. The maximum absolute atomic E-state index is 12.3. The maximum atomic E-state index is 12.3. The summed E-state index contributed by atoms with van der Waals surface area (Å²) in [4.78, 5) is 23.3. The minimum Gasteiger partial charge on any atom is -0.304 e. The zero-order chi connectivity index (χ0) is 15.2. The van der Waals surface area contributed by atoms with Crippen LogP contribution in [0.2, 0.25) is 0 Å². The fourth-order valence-corrected chi connectivity index (χ4v) is 2.75. The Hall–Kier alpha value is -1.46. The van der Waals surface area contributed by atoms with E-state index in [1.165, 1.54) is 0 Å². The number of hydrogen-bond donors (Lipinski definition) is 0. The van der Waals surface area contributed by atoms with Crippen molar-refractivity contribution in [1.29, 1.82) is 0 Å². The van der Waals surface area contributed by atoms with Crippen LogP contribution < -0.4 is 4.90 Å². The Morgan fingerprint density at radius 2 is 2.05 bits per heavy atom. The summed E-state index contributed by atoms with van der Waals surface area (Å²) in [5.74, 6) is 0.890. The number of hydrogen-bond acceptors (Lipinski definition) is 4. The van der Waals surface area contributed by atoms with E-state index in [1.54, 1.807) is 6.20 Å². The van der Waals surface area contributed by atoms with Gasteiger partial charge in [0.25, 0.3) is 0 Å². The van der Waals surface area contributed by atoms with Gasteiger partial charge in [-0.1, -0.05) is 13.0 Å². The van der Waals surface area contributed by atoms with Crippen LogP contribution in [-0.2, 0) is 4.79 Å². The molecule has 0 N–H and O–H groups in total. The fraction of sp³-hybridized carbons (Fsp3) is 0.625. The van der Waals surface area contributed by atoms with E-state index in [1.807, 2.05) is 30.0 Å². The van der Waals surface area contributed by atoms with E-state index < -0.39 is 0 Å². The van der Waals surface area contributed by atoms with E-state index in [0.717, 1.165) is 38.5 Å². The standard InChI is InChI=1S/C16H26N4O/c1-4-16(21)20(15-7-5-6-8-17-15)14(2)13-19-11-9-18(3)10-12-19/h5-8,14H,4,9-13H2,1-3H3. The number of piperazine rings is 1. The Kier molecular flexibility index (Phi) is 5.70. The molecular weight excluding hydrogens is 264 g/mol. The van der Waals surface area contributed by atoms with Crippen molar-refractivity contribution in [3.63, 3.8) is 0 Å². The molecule has 21 heavy (non-hydrogen) atoms. The van der Waals surface area contributed by atoms with Gasteiger partial charge >= 0.3 is 0 Å². The third kappa shape index (κ3) is 4.25. The lowest BCUT2D eigenvalue weighted by Crippen LogP contribution is -2.51. The number of pyridine rings is 1. The van der Waals surface area contributed by atoms with E-state index >= 15 is 0 Å². The number of carbonyl (C=O) groups is 1. The molecule has 116 valence electrons. The van der Waals surface area contributed by atoms with Crippen molar-refractivity contribution >= 4 is 11.7 Å². The van der Waals surface area contributed by atoms with Crippen LogP contribution in [0.25, 0.3) is 0 Å². The summed E-state index contributed by atoms with van der Waals surface area (Å²) < 4.78 is 0. The lowest BCUT2D eigenvalue weighted by atomic mass is 10.2. The van der Waals surface area contributed by atoms with Gasteiger partial charge in [-0.3, -0.25) is 14.6 Å². The van der Waals surface area contributed by atoms with Crippen molar-refractivity contribution in [2.75, 3.05) is 44.7 Å². The molecule has 0 radical (unpaired) electrons. The Labute approximate surface area is 127 Å².